The van der Waals surface area contributed by atoms with E-state index in [-0.39, 0.29) is 12.5 Å². The van der Waals surface area contributed by atoms with E-state index in [9.17, 15) is 4.79 Å². The van der Waals surface area contributed by atoms with Crippen LogP contribution in [0, 0.1) is 0 Å². The molecular weight excluding hydrogens is 396 g/mol. The van der Waals surface area contributed by atoms with Gasteiger partial charge in [-0.2, -0.15) is 4.37 Å². The van der Waals surface area contributed by atoms with E-state index in [2.05, 4.69) is 14.8 Å². The number of hydrogen-bond acceptors (Lipinski definition) is 6. The summed E-state index contributed by atoms with van der Waals surface area (Å²) in [6.45, 7) is 2.91. The number of benzene rings is 2. The molecular formula is C20H21ClN4O2S. The van der Waals surface area contributed by atoms with Crippen LogP contribution in [0.1, 0.15) is 23.9 Å². The Labute approximate surface area is 173 Å². The number of rotatable bonds is 9. The van der Waals surface area contributed by atoms with Gasteiger partial charge in [0.25, 0.3) is 5.91 Å². The Morgan fingerprint density at radius 1 is 1.14 bits per heavy atom. The number of amides is 1. The predicted molar refractivity (Wildman–Crippen MR) is 111 cm³/mol. The minimum Gasteiger partial charge on any atom is -0.333 e. The Morgan fingerprint density at radius 2 is 1.89 bits per heavy atom. The lowest BCUT2D eigenvalue weighted by atomic mass is 10.1. The maximum Gasteiger partial charge on any atom is 0.263 e. The SMILES string of the molecule is CCONC(=O)CN(Cc1ccccc1)c1nc(Cc2ccc(Cl)cc2)ns1. The van der Waals surface area contributed by atoms with E-state index in [0.29, 0.717) is 35.6 Å². The van der Waals surface area contributed by atoms with Crippen LogP contribution in [0.5, 0.6) is 0 Å². The molecule has 0 radical (unpaired) electrons. The second-order valence-corrected chi connectivity index (χ2v) is 7.26. The summed E-state index contributed by atoms with van der Waals surface area (Å²) in [5, 5.41) is 1.39. The van der Waals surface area contributed by atoms with Gasteiger partial charge in [-0.1, -0.05) is 54.1 Å². The van der Waals surface area contributed by atoms with Crippen molar-refractivity contribution in [2.45, 2.75) is 19.9 Å². The number of nitrogens with zero attached hydrogens (tertiary/aromatic N) is 3. The number of carbonyl (C=O) groups excluding carboxylic acids is 1. The third-order valence-corrected chi connectivity index (χ3v) is 4.95. The van der Waals surface area contributed by atoms with Gasteiger partial charge in [-0.3, -0.25) is 9.63 Å². The highest BCUT2D eigenvalue weighted by Crippen LogP contribution is 2.21. The van der Waals surface area contributed by atoms with Gasteiger partial charge in [0.05, 0.1) is 6.61 Å². The zero-order valence-electron chi connectivity index (χ0n) is 15.5. The van der Waals surface area contributed by atoms with Crippen LogP contribution in [0.4, 0.5) is 5.13 Å². The van der Waals surface area contributed by atoms with Crippen LogP contribution in [-0.4, -0.2) is 28.4 Å². The molecule has 8 heteroatoms. The first-order valence-electron chi connectivity index (χ1n) is 8.90. The Morgan fingerprint density at radius 3 is 2.61 bits per heavy atom. The van der Waals surface area contributed by atoms with Gasteiger partial charge in [-0.05, 0) is 30.2 Å². The van der Waals surface area contributed by atoms with Crippen LogP contribution in [0.25, 0.3) is 0 Å². The Hall–Kier alpha value is -2.48. The van der Waals surface area contributed by atoms with Gasteiger partial charge in [-0.25, -0.2) is 10.5 Å². The predicted octanol–water partition coefficient (Wildman–Crippen LogP) is 3.86. The number of anilines is 1. The average molecular weight is 417 g/mol. The first-order chi connectivity index (χ1) is 13.6. The van der Waals surface area contributed by atoms with E-state index < -0.39 is 0 Å². The molecule has 0 aliphatic rings. The largest absolute Gasteiger partial charge is 0.333 e. The molecule has 1 amide bonds. The molecule has 6 nitrogen and oxygen atoms in total. The molecule has 0 fully saturated rings. The third-order valence-electron chi connectivity index (χ3n) is 3.88. The summed E-state index contributed by atoms with van der Waals surface area (Å²) in [6.07, 6.45) is 0.609. The van der Waals surface area contributed by atoms with Crippen LogP contribution in [0.3, 0.4) is 0 Å². The van der Waals surface area contributed by atoms with Gasteiger partial charge in [0.2, 0.25) is 5.13 Å². The van der Waals surface area contributed by atoms with E-state index >= 15 is 0 Å². The van der Waals surface area contributed by atoms with Gasteiger partial charge in [0, 0.05) is 29.5 Å². The quantitative estimate of drug-likeness (QED) is 0.536. The third kappa shape index (κ3) is 6.02. The molecule has 0 bridgehead atoms. The fourth-order valence-corrected chi connectivity index (χ4v) is 3.39. The van der Waals surface area contributed by atoms with E-state index in [0.717, 1.165) is 11.1 Å². The van der Waals surface area contributed by atoms with Crippen molar-refractivity contribution in [2.75, 3.05) is 18.1 Å². The molecule has 3 rings (SSSR count). The van der Waals surface area contributed by atoms with Crippen LogP contribution in [0.2, 0.25) is 5.02 Å². The Kier molecular flexibility index (Phi) is 7.36. The highest BCUT2D eigenvalue weighted by Gasteiger charge is 2.17. The smallest absolute Gasteiger partial charge is 0.263 e. The van der Waals surface area contributed by atoms with Crippen LogP contribution in [-0.2, 0) is 22.6 Å². The molecule has 0 unspecified atom stereocenters. The second-order valence-electron chi connectivity index (χ2n) is 6.10. The molecule has 2 aromatic carbocycles. The molecule has 0 saturated heterocycles. The number of aromatic nitrogens is 2. The van der Waals surface area contributed by atoms with Crippen LogP contribution < -0.4 is 10.4 Å². The fourth-order valence-electron chi connectivity index (χ4n) is 2.58. The molecule has 0 saturated carbocycles. The minimum absolute atomic E-state index is 0.129. The Bertz CT molecular complexity index is 887. The molecule has 3 aromatic rings. The van der Waals surface area contributed by atoms with Crippen molar-refractivity contribution in [3.05, 3.63) is 76.6 Å². The minimum atomic E-state index is -0.229. The fraction of sp³-hybridized carbons (Fsp3) is 0.250. The van der Waals surface area contributed by atoms with Crippen molar-refractivity contribution in [3.8, 4) is 0 Å². The van der Waals surface area contributed by atoms with E-state index in [1.54, 1.807) is 0 Å². The van der Waals surface area contributed by atoms with Crippen molar-refractivity contribution in [2.24, 2.45) is 0 Å². The van der Waals surface area contributed by atoms with Crippen molar-refractivity contribution < 1.29 is 9.63 Å². The normalized spacial score (nSPS) is 10.6. The van der Waals surface area contributed by atoms with Gasteiger partial charge >= 0.3 is 0 Å². The molecule has 0 aliphatic carbocycles. The summed E-state index contributed by atoms with van der Waals surface area (Å²) in [6, 6.07) is 17.6. The second kappa shape index (κ2) is 10.2. The van der Waals surface area contributed by atoms with E-state index in [4.69, 9.17) is 16.4 Å². The summed E-state index contributed by atoms with van der Waals surface area (Å²) in [5.74, 6) is 0.484. The summed E-state index contributed by atoms with van der Waals surface area (Å²) >= 11 is 7.22. The number of halogens is 1. The molecule has 28 heavy (non-hydrogen) atoms. The van der Waals surface area contributed by atoms with Crippen molar-refractivity contribution in [1.29, 1.82) is 0 Å². The van der Waals surface area contributed by atoms with E-state index in [1.807, 2.05) is 66.4 Å². The standard InChI is InChI=1S/C20H21ClN4O2S/c1-2-27-23-19(26)14-25(13-16-6-4-3-5-7-16)20-22-18(24-28-20)12-15-8-10-17(21)11-9-15/h3-11H,2,12-14H2,1H3,(H,23,26). The van der Waals surface area contributed by atoms with Gasteiger partial charge in [0.1, 0.15) is 12.4 Å². The average Bonchev–Trinajstić information content (AvgIpc) is 3.17. The van der Waals surface area contributed by atoms with Crippen molar-refractivity contribution in [3.63, 3.8) is 0 Å². The molecule has 1 N–H and O–H groups in total. The monoisotopic (exact) mass is 416 g/mol. The van der Waals surface area contributed by atoms with Gasteiger partial charge in [0.15, 0.2) is 0 Å². The van der Waals surface area contributed by atoms with Gasteiger partial charge < -0.3 is 4.90 Å². The highest BCUT2D eigenvalue weighted by atomic mass is 35.5. The van der Waals surface area contributed by atoms with Crippen molar-refractivity contribution >= 4 is 34.2 Å². The number of hydrogen-bond donors (Lipinski definition) is 1. The maximum atomic E-state index is 12.2. The van der Waals surface area contributed by atoms with Crippen molar-refractivity contribution in [1.82, 2.24) is 14.8 Å². The lowest BCUT2D eigenvalue weighted by Crippen LogP contribution is -2.37. The summed E-state index contributed by atoms with van der Waals surface area (Å²) in [7, 11) is 0. The number of nitrogens with one attached hydrogen (secondary N) is 1. The lowest BCUT2D eigenvalue weighted by Gasteiger charge is -2.20. The van der Waals surface area contributed by atoms with Crippen LogP contribution >= 0.6 is 23.1 Å². The first-order valence-corrected chi connectivity index (χ1v) is 10.1. The first kappa shape index (κ1) is 20.3. The molecule has 0 aliphatic heterocycles. The lowest BCUT2D eigenvalue weighted by molar-refractivity contribution is -0.131. The summed E-state index contributed by atoms with van der Waals surface area (Å²) in [4.78, 5) is 23.7. The topological polar surface area (TPSA) is 67.3 Å². The maximum absolute atomic E-state index is 12.2. The summed E-state index contributed by atoms with van der Waals surface area (Å²) in [5.41, 5.74) is 4.60. The van der Waals surface area contributed by atoms with Gasteiger partial charge in [-0.15, -0.1) is 0 Å². The van der Waals surface area contributed by atoms with E-state index in [1.165, 1.54) is 11.5 Å². The highest BCUT2D eigenvalue weighted by molar-refractivity contribution is 7.09. The Balaban J connectivity index is 1.74. The molecule has 1 aromatic heterocycles. The zero-order chi connectivity index (χ0) is 19.8. The number of carbonyl (C=O) groups is 1. The van der Waals surface area contributed by atoms with Crippen LogP contribution in [0.15, 0.2) is 54.6 Å². The molecule has 1 heterocycles. The zero-order valence-corrected chi connectivity index (χ0v) is 17.0. The molecule has 0 spiro atoms. The molecule has 146 valence electrons. The molecule has 0 atom stereocenters. The summed E-state index contributed by atoms with van der Waals surface area (Å²) < 4.78 is 4.46. The number of hydroxylamine groups is 1.